The number of aromatic nitrogens is 3. The van der Waals surface area contributed by atoms with Crippen molar-refractivity contribution in [3.63, 3.8) is 0 Å². The molecule has 13 heteroatoms. The number of aromatic carboxylic acids is 1. The van der Waals surface area contributed by atoms with E-state index in [1.54, 1.807) is 18.2 Å². The lowest BCUT2D eigenvalue weighted by molar-refractivity contribution is -0.154. The molecule has 0 unspecified atom stereocenters. The average Bonchev–Trinajstić information content (AvgIpc) is 3.37. The Kier molecular flexibility index (Phi) is 7.71. The number of carboxylic acids is 1. The Morgan fingerprint density at radius 2 is 1.69 bits per heavy atom. The Morgan fingerprint density at radius 1 is 1.00 bits per heavy atom. The quantitative estimate of drug-likeness (QED) is 0.236. The van der Waals surface area contributed by atoms with Gasteiger partial charge in [0, 0.05) is 24.6 Å². The number of para-hydroxylation sites is 1. The molecule has 7 nitrogen and oxygen atoms in total. The standard InChI is InChI=1S/C29H24F6N4O3/c1-17-4-2-5-21(23-6-3-7-24(37-23)39-26(29(33,34)35)22(12-36-39)27(40)41)25(17)42-15-18-8-10-19(11-9-18)20-13-38(14-20)16-28(30,31)32/h2-12,20H,13-16H2,1H3,(H,40,41). The number of hydrogen-bond donors (Lipinski definition) is 1. The number of pyridine rings is 1. The normalized spacial score (nSPS) is 14.5. The molecule has 0 aliphatic carbocycles. The lowest BCUT2D eigenvalue weighted by atomic mass is 9.91. The molecule has 0 saturated carbocycles. The first-order chi connectivity index (χ1) is 19.8. The van der Waals surface area contributed by atoms with Gasteiger partial charge in [0.15, 0.2) is 11.5 Å². The topological polar surface area (TPSA) is 80.5 Å². The van der Waals surface area contributed by atoms with Crippen molar-refractivity contribution < 1.29 is 41.0 Å². The van der Waals surface area contributed by atoms with Crippen molar-refractivity contribution in [2.75, 3.05) is 19.6 Å². The van der Waals surface area contributed by atoms with Crippen molar-refractivity contribution in [2.24, 2.45) is 0 Å². The van der Waals surface area contributed by atoms with Gasteiger partial charge in [-0.25, -0.2) is 14.5 Å². The first-order valence-corrected chi connectivity index (χ1v) is 12.8. The van der Waals surface area contributed by atoms with Gasteiger partial charge in [0.1, 0.15) is 17.9 Å². The summed E-state index contributed by atoms with van der Waals surface area (Å²) in [5.74, 6) is -1.50. The molecule has 1 aliphatic rings. The van der Waals surface area contributed by atoms with Gasteiger partial charge in [-0.3, -0.25) is 4.90 Å². The predicted octanol–water partition coefficient (Wildman–Crippen LogP) is 6.50. The highest BCUT2D eigenvalue weighted by Gasteiger charge is 2.41. The molecule has 4 aromatic rings. The maximum absolute atomic E-state index is 13.7. The molecule has 42 heavy (non-hydrogen) atoms. The predicted molar refractivity (Wildman–Crippen MR) is 140 cm³/mol. The van der Waals surface area contributed by atoms with Crippen molar-refractivity contribution >= 4 is 5.97 Å². The highest BCUT2D eigenvalue weighted by molar-refractivity contribution is 5.89. The van der Waals surface area contributed by atoms with E-state index >= 15 is 0 Å². The van der Waals surface area contributed by atoms with E-state index in [0.29, 0.717) is 35.3 Å². The van der Waals surface area contributed by atoms with Crippen LogP contribution in [0.1, 0.15) is 38.7 Å². The monoisotopic (exact) mass is 590 g/mol. The fraction of sp³-hybridized carbons (Fsp3) is 0.276. The number of aryl methyl sites for hydroxylation is 1. The summed E-state index contributed by atoms with van der Waals surface area (Å²) < 4.78 is 85.5. The molecular weight excluding hydrogens is 566 g/mol. The zero-order chi connectivity index (χ0) is 30.2. The summed E-state index contributed by atoms with van der Waals surface area (Å²) in [6.45, 7) is 1.73. The van der Waals surface area contributed by atoms with Gasteiger partial charge in [-0.1, -0.05) is 42.5 Å². The van der Waals surface area contributed by atoms with Crippen LogP contribution in [0.5, 0.6) is 5.75 Å². The van der Waals surface area contributed by atoms with Crippen LogP contribution in [0, 0.1) is 6.92 Å². The third-order valence-electron chi connectivity index (χ3n) is 6.90. The molecule has 1 aliphatic heterocycles. The minimum absolute atomic E-state index is 0.0304. The third-order valence-corrected chi connectivity index (χ3v) is 6.90. The Labute approximate surface area is 236 Å². The van der Waals surface area contributed by atoms with E-state index in [1.165, 1.54) is 17.0 Å². The Bertz CT molecular complexity index is 1590. The van der Waals surface area contributed by atoms with Crippen LogP contribution in [0.3, 0.4) is 0 Å². The molecule has 0 radical (unpaired) electrons. The first kappa shape index (κ1) is 29.1. The molecule has 3 heterocycles. The molecule has 0 amide bonds. The van der Waals surface area contributed by atoms with Crippen LogP contribution in [0.2, 0.25) is 0 Å². The van der Waals surface area contributed by atoms with Crippen molar-refractivity contribution in [3.05, 3.63) is 94.8 Å². The van der Waals surface area contributed by atoms with Crippen molar-refractivity contribution in [2.45, 2.75) is 31.8 Å². The van der Waals surface area contributed by atoms with Crippen molar-refractivity contribution in [1.82, 2.24) is 19.7 Å². The van der Waals surface area contributed by atoms with Crippen LogP contribution in [-0.2, 0) is 12.8 Å². The number of ether oxygens (including phenoxy) is 1. The summed E-state index contributed by atoms with van der Waals surface area (Å²) in [7, 11) is 0. The van der Waals surface area contributed by atoms with Gasteiger partial charge >= 0.3 is 18.3 Å². The number of carboxylic acid groups (broad SMARTS) is 1. The number of rotatable bonds is 8. The summed E-state index contributed by atoms with van der Waals surface area (Å²) >= 11 is 0. The first-order valence-electron chi connectivity index (χ1n) is 12.8. The van der Waals surface area contributed by atoms with Gasteiger partial charge in [0.05, 0.1) is 18.4 Å². The third kappa shape index (κ3) is 6.25. The van der Waals surface area contributed by atoms with E-state index < -0.39 is 36.1 Å². The van der Waals surface area contributed by atoms with Crippen molar-refractivity contribution in [3.8, 4) is 22.8 Å². The number of benzene rings is 2. The molecule has 1 N–H and O–H groups in total. The lowest BCUT2D eigenvalue weighted by Gasteiger charge is -2.39. The van der Waals surface area contributed by atoms with E-state index in [9.17, 15) is 36.2 Å². The number of carbonyl (C=O) groups is 1. The van der Waals surface area contributed by atoms with Gasteiger partial charge in [-0.15, -0.1) is 0 Å². The second-order valence-electron chi connectivity index (χ2n) is 9.99. The molecule has 1 fully saturated rings. The largest absolute Gasteiger partial charge is 0.488 e. The lowest BCUT2D eigenvalue weighted by Crippen LogP contribution is -2.49. The molecule has 220 valence electrons. The molecule has 1 saturated heterocycles. The zero-order valence-electron chi connectivity index (χ0n) is 22.1. The molecule has 2 aromatic heterocycles. The summed E-state index contributed by atoms with van der Waals surface area (Å²) in [6, 6.07) is 17.1. The number of hydrogen-bond acceptors (Lipinski definition) is 5. The highest BCUT2D eigenvalue weighted by atomic mass is 19.4. The van der Waals surface area contributed by atoms with E-state index in [-0.39, 0.29) is 24.0 Å². The molecule has 0 bridgehead atoms. The highest BCUT2D eigenvalue weighted by Crippen LogP contribution is 2.36. The molecule has 0 atom stereocenters. The van der Waals surface area contributed by atoms with Gasteiger partial charge in [0.25, 0.3) is 0 Å². The van der Waals surface area contributed by atoms with Gasteiger partial charge < -0.3 is 9.84 Å². The SMILES string of the molecule is Cc1cccc(-c2cccc(-n3ncc(C(=O)O)c3C(F)(F)F)n2)c1OCc1ccc(C2CN(CC(F)(F)F)C2)cc1. The van der Waals surface area contributed by atoms with E-state index in [4.69, 9.17) is 4.74 Å². The number of likely N-dealkylation sites (tertiary alicyclic amines) is 1. The number of halogens is 6. The second kappa shape index (κ2) is 11.1. The van der Waals surface area contributed by atoms with Gasteiger partial charge in [-0.2, -0.15) is 31.4 Å². The maximum atomic E-state index is 13.7. The van der Waals surface area contributed by atoms with Crippen LogP contribution in [0.4, 0.5) is 26.3 Å². The zero-order valence-corrected chi connectivity index (χ0v) is 22.1. The minimum atomic E-state index is -4.99. The second-order valence-corrected chi connectivity index (χ2v) is 9.99. The van der Waals surface area contributed by atoms with Gasteiger partial charge in [-0.05, 0) is 41.8 Å². The molecular formula is C29H24F6N4O3. The Morgan fingerprint density at radius 3 is 2.33 bits per heavy atom. The fourth-order valence-electron chi connectivity index (χ4n) is 4.89. The average molecular weight is 591 g/mol. The van der Waals surface area contributed by atoms with Crippen LogP contribution in [-0.4, -0.2) is 56.6 Å². The summed E-state index contributed by atoms with van der Waals surface area (Å²) in [5.41, 5.74) is 0.863. The smallest absolute Gasteiger partial charge is 0.434 e. The van der Waals surface area contributed by atoms with Crippen LogP contribution in [0.15, 0.2) is 66.9 Å². The molecule has 2 aromatic carbocycles. The Hall–Kier alpha value is -4.39. The van der Waals surface area contributed by atoms with Gasteiger partial charge in [0.2, 0.25) is 0 Å². The number of nitrogens with zero attached hydrogens (tertiary/aromatic N) is 4. The van der Waals surface area contributed by atoms with Crippen LogP contribution >= 0.6 is 0 Å². The fourth-order valence-corrected chi connectivity index (χ4v) is 4.89. The molecule has 5 rings (SSSR count). The number of alkyl halides is 6. The minimum Gasteiger partial charge on any atom is -0.488 e. The van der Waals surface area contributed by atoms with Crippen LogP contribution < -0.4 is 4.74 Å². The summed E-state index contributed by atoms with van der Waals surface area (Å²) in [5, 5.41) is 12.9. The van der Waals surface area contributed by atoms with E-state index in [0.717, 1.165) is 16.7 Å². The summed E-state index contributed by atoms with van der Waals surface area (Å²) in [6.07, 6.45) is -8.57. The van der Waals surface area contributed by atoms with E-state index in [2.05, 4.69) is 10.1 Å². The summed E-state index contributed by atoms with van der Waals surface area (Å²) in [4.78, 5) is 17.1. The molecule has 0 spiro atoms. The maximum Gasteiger partial charge on any atom is 0.434 e. The Balaban J connectivity index is 1.34. The van der Waals surface area contributed by atoms with E-state index in [1.807, 2.05) is 37.3 Å². The van der Waals surface area contributed by atoms with Crippen molar-refractivity contribution in [1.29, 1.82) is 0 Å². The van der Waals surface area contributed by atoms with Crippen LogP contribution in [0.25, 0.3) is 17.1 Å².